The molecule has 0 aliphatic rings. The summed E-state index contributed by atoms with van der Waals surface area (Å²) in [7, 11) is 1.88. The number of aromatic nitrogens is 3. The third-order valence-corrected chi connectivity index (χ3v) is 6.07. The number of benzene rings is 1. The van der Waals surface area contributed by atoms with Gasteiger partial charge in [0.15, 0.2) is 5.82 Å². The Hall–Kier alpha value is -2.61. The fourth-order valence-electron chi connectivity index (χ4n) is 3.17. The molecule has 0 aliphatic heterocycles. The van der Waals surface area contributed by atoms with Crippen molar-refractivity contribution in [2.75, 3.05) is 23.8 Å². The summed E-state index contributed by atoms with van der Waals surface area (Å²) in [6.45, 7) is 12.8. The van der Waals surface area contributed by atoms with Crippen LogP contribution in [0.25, 0.3) is 16.2 Å². The topological polar surface area (TPSA) is 74.6 Å². The van der Waals surface area contributed by atoms with Crippen molar-refractivity contribution in [1.29, 1.82) is 0 Å². The van der Waals surface area contributed by atoms with Gasteiger partial charge in [-0.2, -0.15) is 4.52 Å². The number of fused-ring (bicyclic) bond motifs is 1. The van der Waals surface area contributed by atoms with E-state index in [2.05, 4.69) is 69.5 Å². The fourth-order valence-corrected chi connectivity index (χ4v) is 4.03. The summed E-state index contributed by atoms with van der Waals surface area (Å²) in [5.41, 5.74) is 3.09. The summed E-state index contributed by atoms with van der Waals surface area (Å²) < 4.78 is 1.86. The Balaban J connectivity index is 1.93. The zero-order chi connectivity index (χ0) is 22.8. The highest BCUT2D eigenvalue weighted by Gasteiger charge is 2.23. The van der Waals surface area contributed by atoms with E-state index in [0.29, 0.717) is 0 Å². The highest BCUT2D eigenvalue weighted by Crippen LogP contribution is 2.34. The van der Waals surface area contributed by atoms with Gasteiger partial charge in [0.25, 0.3) is 0 Å². The largest absolute Gasteiger partial charge is 0.364 e. The SMILES string of the molecule is CCc1ccc(-c2nc3sc(N(C)CC(=O)N[C@H](C)CC)nn3c2NC(C)(C)C)cc1. The van der Waals surface area contributed by atoms with Gasteiger partial charge >= 0.3 is 0 Å². The van der Waals surface area contributed by atoms with Gasteiger partial charge in [0, 0.05) is 24.2 Å². The highest BCUT2D eigenvalue weighted by molar-refractivity contribution is 7.20. The Labute approximate surface area is 188 Å². The van der Waals surface area contributed by atoms with Crippen LogP contribution < -0.4 is 15.5 Å². The maximum Gasteiger partial charge on any atom is 0.239 e. The van der Waals surface area contributed by atoms with E-state index >= 15 is 0 Å². The van der Waals surface area contributed by atoms with E-state index in [1.807, 2.05) is 23.4 Å². The molecule has 1 atom stereocenters. The molecular formula is C23H34N6OS. The first-order valence-corrected chi connectivity index (χ1v) is 11.7. The maximum atomic E-state index is 12.3. The second-order valence-corrected chi connectivity index (χ2v) is 9.98. The van der Waals surface area contributed by atoms with Crippen molar-refractivity contribution in [2.24, 2.45) is 0 Å². The molecule has 3 aromatic rings. The third-order valence-electron chi connectivity index (χ3n) is 5.05. The van der Waals surface area contributed by atoms with Crippen LogP contribution in [0.2, 0.25) is 0 Å². The second-order valence-electron chi connectivity index (χ2n) is 9.05. The van der Waals surface area contributed by atoms with E-state index in [0.717, 1.165) is 40.0 Å². The molecule has 2 heterocycles. The lowest BCUT2D eigenvalue weighted by atomic mass is 10.1. The zero-order valence-corrected chi connectivity index (χ0v) is 20.4. The Morgan fingerprint density at radius 1 is 1.23 bits per heavy atom. The van der Waals surface area contributed by atoms with Crippen molar-refractivity contribution < 1.29 is 4.79 Å². The molecule has 0 spiro atoms. The van der Waals surface area contributed by atoms with Crippen molar-refractivity contribution in [3.05, 3.63) is 29.8 Å². The molecule has 0 saturated carbocycles. The Morgan fingerprint density at radius 3 is 2.48 bits per heavy atom. The van der Waals surface area contributed by atoms with Gasteiger partial charge in [-0.3, -0.25) is 4.79 Å². The van der Waals surface area contributed by atoms with Crippen LogP contribution in [-0.4, -0.2) is 45.7 Å². The summed E-state index contributed by atoms with van der Waals surface area (Å²) in [6.07, 6.45) is 1.91. The normalized spacial score (nSPS) is 12.7. The number of aryl methyl sites for hydroxylation is 1. The maximum absolute atomic E-state index is 12.3. The lowest BCUT2D eigenvalue weighted by Crippen LogP contribution is -2.39. The van der Waals surface area contributed by atoms with Crippen LogP contribution in [0.3, 0.4) is 0 Å². The minimum atomic E-state index is -0.153. The zero-order valence-electron chi connectivity index (χ0n) is 19.6. The Kier molecular flexibility index (Phi) is 6.89. The Bertz CT molecular complexity index is 1030. The summed E-state index contributed by atoms with van der Waals surface area (Å²) >= 11 is 1.48. The molecule has 2 aromatic heterocycles. The van der Waals surface area contributed by atoms with Gasteiger partial charge in [-0.1, -0.05) is 49.4 Å². The molecule has 7 nitrogen and oxygen atoms in total. The standard InChI is InChI=1S/C23H34N6OS/c1-8-15(3)24-18(30)14-28(7)22-27-29-20(26-23(4,5)6)19(25-21(29)31-22)17-12-10-16(9-2)11-13-17/h10-13,15,26H,8-9,14H2,1-7H3,(H,24,30)/t15-/m1/s1. The van der Waals surface area contributed by atoms with Crippen LogP contribution in [0, 0.1) is 0 Å². The Morgan fingerprint density at radius 2 is 1.90 bits per heavy atom. The molecule has 3 rings (SSSR count). The summed E-state index contributed by atoms with van der Waals surface area (Å²) in [6, 6.07) is 8.69. The quantitative estimate of drug-likeness (QED) is 0.534. The number of rotatable bonds is 8. The molecule has 1 amide bonds. The molecule has 8 heteroatoms. The average Bonchev–Trinajstić information content (AvgIpc) is 3.26. The molecule has 0 radical (unpaired) electrons. The first kappa shape index (κ1) is 23.1. The minimum absolute atomic E-state index is 0.00515. The number of nitrogens with zero attached hydrogens (tertiary/aromatic N) is 4. The van der Waals surface area contributed by atoms with Crippen LogP contribution in [0.5, 0.6) is 0 Å². The molecule has 0 aliphatic carbocycles. The second kappa shape index (κ2) is 9.26. The molecule has 1 aromatic carbocycles. The number of carbonyl (C=O) groups excluding carboxylic acids is 1. The van der Waals surface area contributed by atoms with Crippen molar-refractivity contribution >= 4 is 33.2 Å². The van der Waals surface area contributed by atoms with Crippen molar-refractivity contribution in [1.82, 2.24) is 19.9 Å². The first-order valence-electron chi connectivity index (χ1n) is 10.9. The van der Waals surface area contributed by atoms with E-state index < -0.39 is 0 Å². The average molecular weight is 443 g/mol. The van der Waals surface area contributed by atoms with E-state index in [1.165, 1.54) is 16.9 Å². The summed E-state index contributed by atoms with van der Waals surface area (Å²) in [4.78, 5) is 19.8. The highest BCUT2D eigenvalue weighted by atomic mass is 32.1. The predicted molar refractivity (Wildman–Crippen MR) is 130 cm³/mol. The number of nitrogens with one attached hydrogen (secondary N) is 2. The lowest BCUT2D eigenvalue weighted by Gasteiger charge is -2.22. The number of anilines is 2. The van der Waals surface area contributed by atoms with E-state index in [4.69, 9.17) is 10.1 Å². The van der Waals surface area contributed by atoms with E-state index in [-0.39, 0.29) is 24.0 Å². The van der Waals surface area contributed by atoms with Crippen LogP contribution >= 0.6 is 11.3 Å². The first-order chi connectivity index (χ1) is 14.6. The van der Waals surface area contributed by atoms with Gasteiger partial charge in [-0.05, 0) is 46.1 Å². The van der Waals surface area contributed by atoms with Gasteiger partial charge in [0.05, 0.1) is 6.54 Å². The third kappa shape index (κ3) is 5.55. The van der Waals surface area contributed by atoms with Crippen molar-refractivity contribution in [3.8, 4) is 11.3 Å². The lowest BCUT2D eigenvalue weighted by molar-refractivity contribution is -0.120. The van der Waals surface area contributed by atoms with E-state index in [9.17, 15) is 4.79 Å². The van der Waals surface area contributed by atoms with Crippen LogP contribution in [0.4, 0.5) is 10.9 Å². The van der Waals surface area contributed by atoms with Gasteiger partial charge in [0.2, 0.25) is 16.0 Å². The molecule has 0 saturated heterocycles. The van der Waals surface area contributed by atoms with Crippen LogP contribution in [-0.2, 0) is 11.2 Å². The predicted octanol–water partition coefficient (Wildman–Crippen LogP) is 4.58. The molecule has 31 heavy (non-hydrogen) atoms. The number of imidazole rings is 1. The van der Waals surface area contributed by atoms with Gasteiger partial charge < -0.3 is 15.5 Å². The number of carbonyl (C=O) groups is 1. The number of hydrogen-bond acceptors (Lipinski definition) is 6. The van der Waals surface area contributed by atoms with Crippen LogP contribution in [0.1, 0.15) is 53.5 Å². The molecule has 2 N–H and O–H groups in total. The van der Waals surface area contributed by atoms with Gasteiger partial charge in [0.1, 0.15) is 5.69 Å². The molecule has 168 valence electrons. The molecule has 0 bridgehead atoms. The van der Waals surface area contributed by atoms with Gasteiger partial charge in [-0.25, -0.2) is 4.98 Å². The number of hydrogen-bond donors (Lipinski definition) is 2. The van der Waals surface area contributed by atoms with E-state index in [1.54, 1.807) is 0 Å². The van der Waals surface area contributed by atoms with Crippen molar-refractivity contribution in [2.45, 2.75) is 66.0 Å². The summed E-state index contributed by atoms with van der Waals surface area (Å²) in [5.74, 6) is 0.862. The minimum Gasteiger partial charge on any atom is -0.364 e. The molecule has 0 fully saturated rings. The molecule has 0 unspecified atom stereocenters. The van der Waals surface area contributed by atoms with Crippen molar-refractivity contribution in [3.63, 3.8) is 0 Å². The number of amides is 1. The smallest absolute Gasteiger partial charge is 0.239 e. The van der Waals surface area contributed by atoms with Gasteiger partial charge in [-0.15, -0.1) is 5.10 Å². The van der Waals surface area contributed by atoms with Crippen LogP contribution in [0.15, 0.2) is 24.3 Å². The fraction of sp³-hybridized carbons (Fsp3) is 0.522. The molecular weight excluding hydrogens is 408 g/mol. The number of likely N-dealkylation sites (N-methyl/N-ethyl adjacent to an activating group) is 1. The summed E-state index contributed by atoms with van der Waals surface area (Å²) in [5, 5.41) is 12.1. The monoisotopic (exact) mass is 442 g/mol.